The van der Waals surface area contributed by atoms with Crippen molar-refractivity contribution >= 4 is 11.9 Å². The van der Waals surface area contributed by atoms with Gasteiger partial charge in [-0.3, -0.25) is 4.79 Å². The zero-order valence-electron chi connectivity index (χ0n) is 8.22. The Hall–Kier alpha value is -1.54. The van der Waals surface area contributed by atoms with Crippen LogP contribution in [0.5, 0.6) is 0 Å². The van der Waals surface area contributed by atoms with Crippen LogP contribution in [0, 0.1) is 18.3 Å². The average molecular weight is 211 g/mol. The molecule has 0 aromatic carbocycles. The van der Waals surface area contributed by atoms with Crippen molar-refractivity contribution in [3.8, 4) is 12.3 Å². The molecule has 0 spiro atoms. The van der Waals surface area contributed by atoms with Crippen molar-refractivity contribution in [1.29, 1.82) is 0 Å². The predicted molar refractivity (Wildman–Crippen MR) is 51.8 cm³/mol. The van der Waals surface area contributed by atoms with Crippen molar-refractivity contribution in [2.45, 2.75) is 18.9 Å². The molecule has 1 saturated heterocycles. The maximum atomic E-state index is 11.3. The molecule has 5 heteroatoms. The van der Waals surface area contributed by atoms with E-state index in [1.807, 2.05) is 0 Å². The summed E-state index contributed by atoms with van der Waals surface area (Å²) in [4.78, 5) is 23.1. The van der Waals surface area contributed by atoms with Crippen molar-refractivity contribution < 1.29 is 19.8 Å². The lowest BCUT2D eigenvalue weighted by molar-refractivity contribution is -0.147. The molecule has 5 nitrogen and oxygen atoms in total. The first-order valence-corrected chi connectivity index (χ1v) is 4.69. The fraction of sp³-hybridized carbons (Fsp3) is 0.600. The van der Waals surface area contributed by atoms with Crippen molar-refractivity contribution in [2.75, 3.05) is 13.1 Å². The number of terminal acetylenes is 1. The molecule has 2 atom stereocenters. The van der Waals surface area contributed by atoms with Crippen LogP contribution in [0.2, 0.25) is 0 Å². The maximum absolute atomic E-state index is 11.3. The monoisotopic (exact) mass is 211 g/mol. The van der Waals surface area contributed by atoms with E-state index < -0.39 is 12.1 Å². The van der Waals surface area contributed by atoms with Crippen LogP contribution in [-0.4, -0.2) is 46.2 Å². The Balaban J connectivity index is 2.38. The van der Waals surface area contributed by atoms with Crippen LogP contribution in [0.25, 0.3) is 0 Å². The second-order valence-corrected chi connectivity index (χ2v) is 3.55. The molecule has 0 aromatic heterocycles. The van der Waals surface area contributed by atoms with E-state index in [0.717, 1.165) is 0 Å². The SMILES string of the molecule is C#CC1CC(=O)N(CC[C@H](O)C(=O)O)C1. The third kappa shape index (κ3) is 2.96. The lowest BCUT2D eigenvalue weighted by Gasteiger charge is -2.16. The number of carbonyl (C=O) groups excluding carboxylic acids is 1. The molecule has 0 aliphatic carbocycles. The average Bonchev–Trinajstić information content (AvgIpc) is 2.55. The number of carboxylic acids is 1. The minimum atomic E-state index is -1.41. The summed E-state index contributed by atoms with van der Waals surface area (Å²) in [6.45, 7) is 0.701. The van der Waals surface area contributed by atoms with E-state index in [9.17, 15) is 9.59 Å². The summed E-state index contributed by atoms with van der Waals surface area (Å²) in [7, 11) is 0. The molecule has 2 N–H and O–H groups in total. The molecule has 0 saturated carbocycles. The Labute approximate surface area is 87.7 Å². The quantitative estimate of drug-likeness (QED) is 0.603. The number of likely N-dealkylation sites (tertiary alicyclic amines) is 1. The second kappa shape index (κ2) is 4.80. The Morgan fingerprint density at radius 3 is 2.87 bits per heavy atom. The Morgan fingerprint density at radius 1 is 1.73 bits per heavy atom. The molecule has 0 bridgehead atoms. The molecule has 1 rings (SSSR count). The molecular formula is C10H13NO4. The van der Waals surface area contributed by atoms with Crippen molar-refractivity contribution in [3.63, 3.8) is 0 Å². The number of hydrogen-bond acceptors (Lipinski definition) is 3. The number of rotatable bonds is 4. The van der Waals surface area contributed by atoms with E-state index in [4.69, 9.17) is 16.6 Å². The van der Waals surface area contributed by atoms with Crippen molar-refractivity contribution in [2.24, 2.45) is 5.92 Å². The van der Waals surface area contributed by atoms with Gasteiger partial charge < -0.3 is 15.1 Å². The van der Waals surface area contributed by atoms with Crippen LogP contribution in [0.1, 0.15) is 12.8 Å². The number of carbonyl (C=O) groups is 2. The van der Waals surface area contributed by atoms with Gasteiger partial charge in [-0.15, -0.1) is 12.3 Å². The van der Waals surface area contributed by atoms with Crippen LogP contribution < -0.4 is 0 Å². The number of nitrogens with zero attached hydrogens (tertiary/aromatic N) is 1. The van der Waals surface area contributed by atoms with Gasteiger partial charge in [0.25, 0.3) is 0 Å². The first-order valence-electron chi connectivity index (χ1n) is 4.69. The Morgan fingerprint density at radius 2 is 2.40 bits per heavy atom. The maximum Gasteiger partial charge on any atom is 0.332 e. The fourth-order valence-electron chi connectivity index (χ4n) is 1.50. The standard InChI is InChI=1S/C10H13NO4/c1-2-7-5-9(13)11(6-7)4-3-8(12)10(14)15/h1,7-8,12H,3-6H2,(H,14,15)/t7?,8-/m0/s1. The number of carboxylic acid groups (broad SMARTS) is 1. The van der Waals surface area contributed by atoms with Crippen molar-refractivity contribution in [3.05, 3.63) is 0 Å². The van der Waals surface area contributed by atoms with Gasteiger partial charge in [0.2, 0.25) is 5.91 Å². The van der Waals surface area contributed by atoms with Crippen LogP contribution in [0.4, 0.5) is 0 Å². The Bertz CT molecular complexity index is 307. The molecule has 1 amide bonds. The largest absolute Gasteiger partial charge is 0.479 e. The highest BCUT2D eigenvalue weighted by molar-refractivity contribution is 5.79. The first-order chi connectivity index (χ1) is 7.04. The molecular weight excluding hydrogens is 198 g/mol. The van der Waals surface area contributed by atoms with Gasteiger partial charge in [-0.25, -0.2) is 4.79 Å². The molecule has 1 aliphatic heterocycles. The Kier molecular flexibility index (Phi) is 3.69. The topological polar surface area (TPSA) is 77.8 Å². The predicted octanol–water partition coefficient (Wildman–Crippen LogP) is -0.696. The van der Waals surface area contributed by atoms with Gasteiger partial charge in [-0.1, -0.05) is 0 Å². The molecule has 15 heavy (non-hydrogen) atoms. The number of aliphatic carboxylic acids is 1. The molecule has 1 aliphatic rings. The van der Waals surface area contributed by atoms with E-state index in [1.165, 1.54) is 4.90 Å². The third-order valence-electron chi connectivity index (χ3n) is 2.41. The van der Waals surface area contributed by atoms with Gasteiger partial charge >= 0.3 is 5.97 Å². The fourth-order valence-corrected chi connectivity index (χ4v) is 1.50. The normalized spacial score (nSPS) is 22.5. The van der Waals surface area contributed by atoms with Gasteiger partial charge in [-0.2, -0.15) is 0 Å². The smallest absolute Gasteiger partial charge is 0.332 e. The molecule has 0 radical (unpaired) electrons. The highest BCUT2D eigenvalue weighted by Gasteiger charge is 2.28. The highest BCUT2D eigenvalue weighted by Crippen LogP contribution is 2.17. The lowest BCUT2D eigenvalue weighted by Crippen LogP contribution is -2.31. The number of hydrogen-bond donors (Lipinski definition) is 2. The van der Waals surface area contributed by atoms with Crippen LogP contribution in [0.3, 0.4) is 0 Å². The van der Waals surface area contributed by atoms with Crippen LogP contribution in [0.15, 0.2) is 0 Å². The zero-order valence-corrected chi connectivity index (χ0v) is 8.22. The molecule has 0 aromatic rings. The van der Waals surface area contributed by atoms with Crippen LogP contribution in [-0.2, 0) is 9.59 Å². The van der Waals surface area contributed by atoms with E-state index in [-0.39, 0.29) is 24.8 Å². The third-order valence-corrected chi connectivity index (χ3v) is 2.41. The summed E-state index contributed by atoms with van der Waals surface area (Å²) < 4.78 is 0. The van der Waals surface area contributed by atoms with E-state index in [1.54, 1.807) is 0 Å². The summed E-state index contributed by atoms with van der Waals surface area (Å²) in [5.74, 6) is 1.07. The van der Waals surface area contributed by atoms with Gasteiger partial charge in [0.15, 0.2) is 6.10 Å². The second-order valence-electron chi connectivity index (χ2n) is 3.55. The summed E-state index contributed by atoms with van der Waals surface area (Å²) >= 11 is 0. The van der Waals surface area contributed by atoms with E-state index in [0.29, 0.717) is 13.0 Å². The summed E-state index contributed by atoms with van der Waals surface area (Å²) in [6.07, 6.45) is 4.14. The van der Waals surface area contributed by atoms with Gasteiger partial charge in [0, 0.05) is 31.8 Å². The lowest BCUT2D eigenvalue weighted by atomic mass is 10.1. The highest BCUT2D eigenvalue weighted by atomic mass is 16.4. The van der Waals surface area contributed by atoms with Crippen molar-refractivity contribution in [1.82, 2.24) is 4.90 Å². The number of aliphatic hydroxyl groups excluding tert-OH is 1. The molecule has 1 unspecified atom stereocenters. The van der Waals surface area contributed by atoms with E-state index in [2.05, 4.69) is 5.92 Å². The molecule has 1 heterocycles. The van der Waals surface area contributed by atoms with Crippen LogP contribution >= 0.6 is 0 Å². The van der Waals surface area contributed by atoms with E-state index >= 15 is 0 Å². The van der Waals surface area contributed by atoms with Gasteiger partial charge in [0.05, 0.1) is 0 Å². The zero-order chi connectivity index (χ0) is 11.4. The molecule has 82 valence electrons. The summed E-state index contributed by atoms with van der Waals surface area (Å²) in [6, 6.07) is 0. The summed E-state index contributed by atoms with van der Waals surface area (Å²) in [5, 5.41) is 17.5. The minimum absolute atomic E-state index is 0.0400. The van der Waals surface area contributed by atoms with Gasteiger partial charge in [-0.05, 0) is 0 Å². The van der Waals surface area contributed by atoms with Gasteiger partial charge in [0.1, 0.15) is 0 Å². The first kappa shape index (κ1) is 11.5. The summed E-state index contributed by atoms with van der Waals surface area (Å²) in [5.41, 5.74) is 0. The minimum Gasteiger partial charge on any atom is -0.479 e. The molecule has 1 fully saturated rings. The number of aliphatic hydroxyl groups is 1. The number of amides is 1.